The number of Topliss-reactive ketones (excluding diaryl/α,β-unsaturated/α-hetero) is 1. The van der Waals surface area contributed by atoms with E-state index in [-0.39, 0.29) is 11.0 Å². The molecule has 0 spiro atoms. The molecule has 1 unspecified atom stereocenters. The van der Waals surface area contributed by atoms with Crippen LogP contribution in [0.15, 0.2) is 22.7 Å². The predicted molar refractivity (Wildman–Crippen MR) is 70.5 cm³/mol. The Morgan fingerprint density at radius 3 is 2.94 bits per heavy atom. The molecule has 0 amide bonds. The van der Waals surface area contributed by atoms with Crippen LogP contribution in [-0.2, 0) is 0 Å². The Kier molecular flexibility index (Phi) is 3.92. The van der Waals surface area contributed by atoms with E-state index in [9.17, 15) is 4.79 Å². The second-order valence-electron chi connectivity index (χ2n) is 3.72. The molecule has 0 radical (unpaired) electrons. The number of ether oxygens (including phenoxy) is 1. The van der Waals surface area contributed by atoms with Gasteiger partial charge in [0.2, 0.25) is 0 Å². The van der Waals surface area contributed by atoms with E-state index in [1.165, 1.54) is 0 Å². The van der Waals surface area contributed by atoms with Crippen LogP contribution in [0.5, 0.6) is 5.75 Å². The highest BCUT2D eigenvalue weighted by Crippen LogP contribution is 2.31. The fraction of sp³-hybridized carbons (Fsp3) is 0.417. The zero-order chi connectivity index (χ0) is 11.5. The molecule has 1 heterocycles. The first-order chi connectivity index (χ1) is 7.72. The van der Waals surface area contributed by atoms with Gasteiger partial charge in [-0.3, -0.25) is 4.79 Å². The van der Waals surface area contributed by atoms with Crippen molar-refractivity contribution >= 4 is 33.5 Å². The van der Waals surface area contributed by atoms with E-state index in [1.807, 2.05) is 18.2 Å². The molecule has 16 heavy (non-hydrogen) atoms. The number of methoxy groups -OCH3 is 1. The van der Waals surface area contributed by atoms with Crippen LogP contribution >= 0.6 is 27.7 Å². The SMILES string of the molecule is COc1ccc(C(=O)C2CCCS2)cc1Br. The minimum Gasteiger partial charge on any atom is -0.496 e. The fourth-order valence-corrected chi connectivity index (χ4v) is 3.57. The van der Waals surface area contributed by atoms with Gasteiger partial charge in [0, 0.05) is 5.56 Å². The lowest BCUT2D eigenvalue weighted by Crippen LogP contribution is -2.13. The van der Waals surface area contributed by atoms with Crippen molar-refractivity contribution in [1.82, 2.24) is 0 Å². The van der Waals surface area contributed by atoms with Gasteiger partial charge < -0.3 is 4.74 Å². The number of carbonyl (C=O) groups excluding carboxylic acids is 1. The van der Waals surface area contributed by atoms with E-state index < -0.39 is 0 Å². The van der Waals surface area contributed by atoms with Gasteiger partial charge in [-0.2, -0.15) is 11.8 Å². The first kappa shape index (κ1) is 12.0. The van der Waals surface area contributed by atoms with Crippen LogP contribution in [-0.4, -0.2) is 23.9 Å². The van der Waals surface area contributed by atoms with Crippen LogP contribution in [0, 0.1) is 0 Å². The van der Waals surface area contributed by atoms with Gasteiger partial charge in [0.15, 0.2) is 5.78 Å². The van der Waals surface area contributed by atoms with Crippen LogP contribution in [0.2, 0.25) is 0 Å². The third-order valence-corrected chi connectivity index (χ3v) is 4.65. The highest BCUT2D eigenvalue weighted by molar-refractivity contribution is 9.10. The molecule has 0 saturated carbocycles. The lowest BCUT2D eigenvalue weighted by atomic mass is 10.1. The Morgan fingerprint density at radius 2 is 2.38 bits per heavy atom. The summed E-state index contributed by atoms with van der Waals surface area (Å²) in [5.41, 5.74) is 0.770. The zero-order valence-electron chi connectivity index (χ0n) is 9.03. The van der Waals surface area contributed by atoms with Crippen molar-refractivity contribution in [2.45, 2.75) is 18.1 Å². The van der Waals surface area contributed by atoms with Gasteiger partial charge in [0.05, 0.1) is 16.8 Å². The average molecular weight is 301 g/mol. The lowest BCUT2D eigenvalue weighted by Gasteiger charge is -2.09. The number of hydrogen-bond acceptors (Lipinski definition) is 3. The van der Waals surface area contributed by atoms with E-state index in [4.69, 9.17) is 4.74 Å². The summed E-state index contributed by atoms with van der Waals surface area (Å²) in [6.07, 6.45) is 2.16. The van der Waals surface area contributed by atoms with Gasteiger partial charge in [-0.15, -0.1) is 0 Å². The molecule has 1 aromatic carbocycles. The van der Waals surface area contributed by atoms with Gasteiger partial charge in [-0.25, -0.2) is 0 Å². The summed E-state index contributed by atoms with van der Waals surface area (Å²) in [6.45, 7) is 0. The van der Waals surface area contributed by atoms with Crippen molar-refractivity contribution in [2.24, 2.45) is 0 Å². The van der Waals surface area contributed by atoms with Gasteiger partial charge >= 0.3 is 0 Å². The molecule has 1 aliphatic heterocycles. The molecule has 0 aliphatic carbocycles. The molecule has 1 aliphatic rings. The molecule has 1 aromatic rings. The summed E-state index contributed by atoms with van der Waals surface area (Å²) in [7, 11) is 1.62. The van der Waals surface area contributed by atoms with Crippen LogP contribution in [0.1, 0.15) is 23.2 Å². The maximum atomic E-state index is 12.1. The zero-order valence-corrected chi connectivity index (χ0v) is 11.4. The molecular formula is C12H13BrO2S. The maximum Gasteiger partial charge on any atom is 0.175 e. The van der Waals surface area contributed by atoms with Gasteiger partial charge in [0.25, 0.3) is 0 Å². The predicted octanol–water partition coefficient (Wildman–Crippen LogP) is 3.54. The Balaban J connectivity index is 2.20. The minimum absolute atomic E-state index is 0.153. The van der Waals surface area contributed by atoms with Crippen molar-refractivity contribution in [3.8, 4) is 5.75 Å². The largest absolute Gasteiger partial charge is 0.496 e. The third-order valence-electron chi connectivity index (χ3n) is 2.66. The maximum absolute atomic E-state index is 12.1. The van der Waals surface area contributed by atoms with Gasteiger partial charge in [-0.1, -0.05) is 0 Å². The summed E-state index contributed by atoms with van der Waals surface area (Å²) in [5.74, 6) is 2.11. The smallest absolute Gasteiger partial charge is 0.175 e. The second-order valence-corrected chi connectivity index (χ2v) is 5.88. The Bertz CT molecular complexity index is 400. The third kappa shape index (κ3) is 2.43. The standard InChI is InChI=1S/C12H13BrO2S/c1-15-10-5-4-8(7-9(10)13)12(14)11-3-2-6-16-11/h4-5,7,11H,2-3,6H2,1H3. The quantitative estimate of drug-likeness (QED) is 0.799. The van der Waals surface area contributed by atoms with E-state index >= 15 is 0 Å². The highest BCUT2D eigenvalue weighted by Gasteiger charge is 2.24. The highest BCUT2D eigenvalue weighted by atomic mass is 79.9. The molecule has 0 bridgehead atoms. The minimum atomic E-state index is 0.153. The van der Waals surface area contributed by atoms with Gasteiger partial charge in [0.1, 0.15) is 5.75 Å². The number of carbonyl (C=O) groups is 1. The number of halogens is 1. The molecule has 0 N–H and O–H groups in total. The van der Waals surface area contributed by atoms with E-state index in [1.54, 1.807) is 18.9 Å². The number of benzene rings is 1. The Labute approximate surface area is 108 Å². The monoisotopic (exact) mass is 300 g/mol. The molecule has 2 rings (SSSR count). The summed E-state index contributed by atoms with van der Waals surface area (Å²) in [5, 5.41) is 0.153. The van der Waals surface area contributed by atoms with Crippen molar-refractivity contribution in [3.63, 3.8) is 0 Å². The van der Waals surface area contributed by atoms with E-state index in [0.29, 0.717) is 0 Å². The van der Waals surface area contributed by atoms with Crippen LogP contribution in [0.4, 0.5) is 0 Å². The number of ketones is 1. The summed E-state index contributed by atoms with van der Waals surface area (Å²) in [4.78, 5) is 12.1. The first-order valence-corrected chi connectivity index (χ1v) is 7.06. The van der Waals surface area contributed by atoms with Gasteiger partial charge in [-0.05, 0) is 52.7 Å². The first-order valence-electron chi connectivity index (χ1n) is 5.21. The van der Waals surface area contributed by atoms with Crippen molar-refractivity contribution in [3.05, 3.63) is 28.2 Å². The molecule has 0 aromatic heterocycles. The average Bonchev–Trinajstić information content (AvgIpc) is 2.81. The van der Waals surface area contributed by atoms with E-state index in [2.05, 4.69) is 15.9 Å². The second kappa shape index (κ2) is 5.23. The number of rotatable bonds is 3. The molecule has 86 valence electrons. The van der Waals surface area contributed by atoms with Crippen LogP contribution in [0.25, 0.3) is 0 Å². The summed E-state index contributed by atoms with van der Waals surface area (Å²) in [6, 6.07) is 5.52. The summed E-state index contributed by atoms with van der Waals surface area (Å²) < 4.78 is 5.98. The molecule has 1 fully saturated rings. The van der Waals surface area contributed by atoms with E-state index in [0.717, 1.165) is 34.4 Å². The fourth-order valence-electron chi connectivity index (χ4n) is 1.79. The Hall–Kier alpha value is -0.480. The molecule has 1 atom stereocenters. The summed E-state index contributed by atoms with van der Waals surface area (Å²) >= 11 is 5.17. The van der Waals surface area contributed by atoms with Crippen molar-refractivity contribution in [1.29, 1.82) is 0 Å². The molecule has 1 saturated heterocycles. The molecule has 4 heteroatoms. The molecular weight excluding hydrogens is 288 g/mol. The Morgan fingerprint density at radius 1 is 1.56 bits per heavy atom. The van der Waals surface area contributed by atoms with Crippen LogP contribution < -0.4 is 4.74 Å². The molecule has 2 nitrogen and oxygen atoms in total. The van der Waals surface area contributed by atoms with Crippen molar-refractivity contribution in [2.75, 3.05) is 12.9 Å². The topological polar surface area (TPSA) is 26.3 Å². The number of thioether (sulfide) groups is 1. The lowest BCUT2D eigenvalue weighted by molar-refractivity contribution is 0.0988. The number of hydrogen-bond donors (Lipinski definition) is 0. The van der Waals surface area contributed by atoms with Crippen LogP contribution in [0.3, 0.4) is 0 Å². The van der Waals surface area contributed by atoms with Crippen molar-refractivity contribution < 1.29 is 9.53 Å². The normalized spacial score (nSPS) is 19.8.